The first-order valence-corrected chi connectivity index (χ1v) is 6.66. The third kappa shape index (κ3) is 2.62. The molecule has 0 bridgehead atoms. The average Bonchev–Trinajstić information content (AvgIpc) is 2.96. The van der Waals surface area contributed by atoms with E-state index in [1.807, 2.05) is 36.4 Å². The fraction of sp³-hybridized carbons (Fsp3) is 0.0667. The number of hydrogen-bond acceptors (Lipinski definition) is 4. The van der Waals surface area contributed by atoms with Gasteiger partial charge in [-0.15, -0.1) is 5.10 Å². The molecule has 0 aliphatic heterocycles. The normalized spacial score (nSPS) is 10.3. The first-order chi connectivity index (χ1) is 10.3. The fourth-order valence-electron chi connectivity index (χ4n) is 2.08. The van der Waals surface area contributed by atoms with E-state index in [0.717, 1.165) is 11.1 Å². The molecule has 5 nitrogen and oxygen atoms in total. The Bertz CT molecular complexity index is 819. The molecular weight excluding hydrogens is 286 g/mol. The summed E-state index contributed by atoms with van der Waals surface area (Å²) in [5, 5.41) is 21.5. The Hall–Kier alpha value is -2.71. The third-order valence-corrected chi connectivity index (χ3v) is 3.43. The van der Waals surface area contributed by atoms with Crippen LogP contribution in [0.2, 0.25) is 5.02 Å². The summed E-state index contributed by atoms with van der Waals surface area (Å²) in [5.41, 5.74) is 2.23. The Labute approximate surface area is 126 Å². The first kappa shape index (κ1) is 13.3. The van der Waals surface area contributed by atoms with E-state index < -0.39 is 0 Å². The molecule has 3 aromatic rings. The van der Waals surface area contributed by atoms with Crippen molar-refractivity contribution >= 4 is 11.6 Å². The fourth-order valence-corrected chi connectivity index (χ4v) is 2.30. The monoisotopic (exact) mass is 295 g/mol. The zero-order valence-corrected chi connectivity index (χ0v) is 11.7. The lowest BCUT2D eigenvalue weighted by molar-refractivity contribution is 0.652. The smallest absolute Gasteiger partial charge is 0.183 e. The number of rotatable bonds is 3. The van der Waals surface area contributed by atoms with Crippen molar-refractivity contribution in [2.75, 3.05) is 0 Å². The molecule has 0 radical (unpaired) electrons. The number of benzene rings is 2. The van der Waals surface area contributed by atoms with Gasteiger partial charge in [0.05, 0.1) is 23.2 Å². The molecule has 3 rings (SSSR count). The molecule has 0 unspecified atom stereocenters. The van der Waals surface area contributed by atoms with Crippen LogP contribution in [0.1, 0.15) is 11.1 Å². The number of nitriles is 1. The average molecular weight is 296 g/mol. The molecule has 0 aliphatic rings. The Morgan fingerprint density at radius 1 is 1.10 bits per heavy atom. The highest BCUT2D eigenvalue weighted by molar-refractivity contribution is 6.33. The van der Waals surface area contributed by atoms with Gasteiger partial charge < -0.3 is 0 Å². The van der Waals surface area contributed by atoms with Crippen LogP contribution in [0.4, 0.5) is 0 Å². The first-order valence-electron chi connectivity index (χ1n) is 6.28. The molecule has 0 saturated heterocycles. The van der Waals surface area contributed by atoms with Crippen LogP contribution in [-0.4, -0.2) is 20.2 Å². The summed E-state index contributed by atoms with van der Waals surface area (Å²) in [6.07, 6.45) is 0. The molecular formula is C15H10ClN5. The lowest BCUT2D eigenvalue weighted by Gasteiger charge is -2.07. The van der Waals surface area contributed by atoms with Crippen LogP contribution in [0.3, 0.4) is 0 Å². The van der Waals surface area contributed by atoms with E-state index >= 15 is 0 Å². The predicted molar refractivity (Wildman–Crippen MR) is 78.5 cm³/mol. The highest BCUT2D eigenvalue weighted by Gasteiger charge is 2.13. The summed E-state index contributed by atoms with van der Waals surface area (Å²) < 4.78 is 1.64. The Balaban J connectivity index is 2.01. The molecule has 0 fully saturated rings. The molecule has 0 amide bonds. The van der Waals surface area contributed by atoms with Crippen molar-refractivity contribution in [1.29, 1.82) is 5.26 Å². The van der Waals surface area contributed by atoms with Crippen LogP contribution in [0.5, 0.6) is 0 Å². The van der Waals surface area contributed by atoms with Crippen molar-refractivity contribution in [2.24, 2.45) is 0 Å². The molecule has 0 N–H and O–H groups in total. The minimum atomic E-state index is 0.414. The van der Waals surface area contributed by atoms with Gasteiger partial charge in [-0.2, -0.15) is 5.26 Å². The zero-order chi connectivity index (χ0) is 14.7. The molecule has 1 heterocycles. The Kier molecular flexibility index (Phi) is 3.63. The van der Waals surface area contributed by atoms with Crippen LogP contribution in [0, 0.1) is 11.3 Å². The highest BCUT2D eigenvalue weighted by atomic mass is 35.5. The van der Waals surface area contributed by atoms with Crippen molar-refractivity contribution in [3.63, 3.8) is 0 Å². The number of halogens is 1. The minimum Gasteiger partial charge on any atom is -0.221 e. The molecule has 0 saturated carbocycles. The summed E-state index contributed by atoms with van der Waals surface area (Å²) in [5.74, 6) is 0.577. The van der Waals surface area contributed by atoms with Gasteiger partial charge >= 0.3 is 0 Å². The Morgan fingerprint density at radius 2 is 1.86 bits per heavy atom. The quantitative estimate of drug-likeness (QED) is 0.745. The maximum atomic E-state index is 9.15. The molecule has 0 atom stereocenters. The summed E-state index contributed by atoms with van der Waals surface area (Å²) in [6.45, 7) is 0.414. The maximum absolute atomic E-state index is 9.15. The number of nitrogens with zero attached hydrogens (tertiary/aromatic N) is 5. The van der Waals surface area contributed by atoms with Crippen molar-refractivity contribution in [3.8, 4) is 17.5 Å². The van der Waals surface area contributed by atoms with Crippen LogP contribution >= 0.6 is 11.6 Å². The second kappa shape index (κ2) is 5.73. The molecule has 102 valence electrons. The van der Waals surface area contributed by atoms with E-state index in [1.165, 1.54) is 0 Å². The molecule has 21 heavy (non-hydrogen) atoms. The van der Waals surface area contributed by atoms with Crippen molar-refractivity contribution < 1.29 is 0 Å². The summed E-state index contributed by atoms with van der Waals surface area (Å²) in [7, 11) is 0. The van der Waals surface area contributed by atoms with Gasteiger partial charge in [0.1, 0.15) is 0 Å². The van der Waals surface area contributed by atoms with Gasteiger partial charge in [0, 0.05) is 5.56 Å². The molecule has 1 aromatic heterocycles. The summed E-state index contributed by atoms with van der Waals surface area (Å²) >= 11 is 6.19. The summed E-state index contributed by atoms with van der Waals surface area (Å²) in [6, 6.07) is 16.9. The van der Waals surface area contributed by atoms with E-state index in [4.69, 9.17) is 16.9 Å². The van der Waals surface area contributed by atoms with Gasteiger partial charge in [-0.25, -0.2) is 4.68 Å². The van der Waals surface area contributed by atoms with Gasteiger partial charge in [0.25, 0.3) is 0 Å². The van der Waals surface area contributed by atoms with E-state index in [-0.39, 0.29) is 0 Å². The number of tetrazole rings is 1. The van der Waals surface area contributed by atoms with Crippen LogP contribution in [0.25, 0.3) is 11.4 Å². The molecule has 6 heteroatoms. The highest BCUT2D eigenvalue weighted by Crippen LogP contribution is 2.25. The largest absolute Gasteiger partial charge is 0.221 e. The van der Waals surface area contributed by atoms with Gasteiger partial charge in [-0.1, -0.05) is 41.9 Å². The van der Waals surface area contributed by atoms with E-state index in [1.54, 1.807) is 16.8 Å². The van der Waals surface area contributed by atoms with Crippen molar-refractivity contribution in [1.82, 2.24) is 20.2 Å². The SMILES string of the molecule is N#Cc1ccccc1Cn1nnnc1-c1ccccc1Cl. The lowest BCUT2D eigenvalue weighted by atomic mass is 10.1. The van der Waals surface area contributed by atoms with Crippen LogP contribution in [0.15, 0.2) is 48.5 Å². The van der Waals surface area contributed by atoms with Gasteiger partial charge in [-0.05, 0) is 34.2 Å². The summed E-state index contributed by atoms with van der Waals surface area (Å²) in [4.78, 5) is 0. The lowest BCUT2D eigenvalue weighted by Crippen LogP contribution is -2.06. The topological polar surface area (TPSA) is 67.4 Å². The van der Waals surface area contributed by atoms with Crippen molar-refractivity contribution in [2.45, 2.75) is 6.54 Å². The van der Waals surface area contributed by atoms with Crippen LogP contribution < -0.4 is 0 Å². The molecule has 0 spiro atoms. The molecule has 0 aliphatic carbocycles. The van der Waals surface area contributed by atoms with Gasteiger partial charge in [-0.3, -0.25) is 0 Å². The van der Waals surface area contributed by atoms with E-state index in [9.17, 15) is 0 Å². The predicted octanol–water partition coefficient (Wildman–Crippen LogP) is 2.91. The Morgan fingerprint density at radius 3 is 2.67 bits per heavy atom. The number of hydrogen-bond donors (Lipinski definition) is 0. The van der Waals surface area contributed by atoms with Gasteiger partial charge in [0.2, 0.25) is 0 Å². The third-order valence-electron chi connectivity index (χ3n) is 3.10. The van der Waals surface area contributed by atoms with E-state index in [2.05, 4.69) is 21.6 Å². The standard InChI is InChI=1S/C15H10ClN5/c16-14-8-4-3-7-13(14)15-18-19-20-21(15)10-12-6-2-1-5-11(12)9-17/h1-8H,10H2. The second-order valence-electron chi connectivity index (χ2n) is 4.41. The minimum absolute atomic E-state index is 0.414. The van der Waals surface area contributed by atoms with Crippen LogP contribution in [-0.2, 0) is 6.54 Å². The van der Waals surface area contributed by atoms with E-state index in [0.29, 0.717) is 23.0 Å². The second-order valence-corrected chi connectivity index (χ2v) is 4.82. The van der Waals surface area contributed by atoms with Gasteiger partial charge in [0.15, 0.2) is 5.82 Å². The number of aromatic nitrogens is 4. The van der Waals surface area contributed by atoms with Crippen molar-refractivity contribution in [3.05, 3.63) is 64.7 Å². The maximum Gasteiger partial charge on any atom is 0.183 e. The molecule has 2 aromatic carbocycles. The zero-order valence-electron chi connectivity index (χ0n) is 10.9.